The van der Waals surface area contributed by atoms with Gasteiger partial charge in [-0.1, -0.05) is 30.3 Å². The molecule has 1 fully saturated rings. The average molecular weight is 205 g/mol. The highest BCUT2D eigenvalue weighted by molar-refractivity contribution is 5.79. The molecule has 0 spiro atoms. The van der Waals surface area contributed by atoms with Crippen molar-refractivity contribution in [3.63, 3.8) is 0 Å². The Morgan fingerprint density at radius 1 is 1.40 bits per heavy atom. The van der Waals surface area contributed by atoms with Crippen LogP contribution in [-0.2, 0) is 11.3 Å². The van der Waals surface area contributed by atoms with Gasteiger partial charge in [-0.05, 0) is 12.5 Å². The van der Waals surface area contributed by atoms with E-state index >= 15 is 0 Å². The van der Waals surface area contributed by atoms with Crippen LogP contribution in [0.4, 0.5) is 0 Å². The number of amides is 1. The van der Waals surface area contributed by atoms with E-state index in [1.165, 1.54) is 0 Å². The number of hydrogen-bond donors (Lipinski definition) is 1. The first-order valence-corrected chi connectivity index (χ1v) is 5.20. The summed E-state index contributed by atoms with van der Waals surface area (Å²) in [6.07, 6.45) is -0.255. The first kappa shape index (κ1) is 10.2. The van der Waals surface area contributed by atoms with Crippen LogP contribution >= 0.6 is 0 Å². The van der Waals surface area contributed by atoms with Crippen molar-refractivity contribution in [2.24, 2.45) is 0 Å². The molecule has 0 bridgehead atoms. The second kappa shape index (κ2) is 4.03. The molecule has 2 atom stereocenters. The van der Waals surface area contributed by atoms with Gasteiger partial charge in [0.25, 0.3) is 0 Å². The molecule has 80 valence electrons. The molecule has 0 aliphatic carbocycles. The summed E-state index contributed by atoms with van der Waals surface area (Å²) < 4.78 is 0. The molecule has 1 aromatic carbocycles. The highest BCUT2D eigenvalue weighted by atomic mass is 16.3. The Morgan fingerprint density at radius 2 is 2.07 bits per heavy atom. The predicted octanol–water partition coefficient (Wildman–Crippen LogP) is 1.17. The summed E-state index contributed by atoms with van der Waals surface area (Å²) in [6.45, 7) is 2.48. The Kier molecular flexibility index (Phi) is 2.73. The molecule has 15 heavy (non-hydrogen) atoms. The Balaban J connectivity index is 2.09. The molecule has 0 unspecified atom stereocenters. The maximum Gasteiger partial charge on any atom is 0.225 e. The van der Waals surface area contributed by atoms with Crippen LogP contribution in [0.25, 0.3) is 0 Å². The summed E-state index contributed by atoms with van der Waals surface area (Å²) >= 11 is 0. The van der Waals surface area contributed by atoms with Crippen molar-refractivity contribution in [1.82, 2.24) is 4.90 Å². The predicted molar refractivity (Wildman–Crippen MR) is 57.1 cm³/mol. The van der Waals surface area contributed by atoms with Crippen molar-refractivity contribution >= 4 is 5.91 Å². The van der Waals surface area contributed by atoms with E-state index in [-0.39, 0.29) is 18.4 Å². The summed E-state index contributed by atoms with van der Waals surface area (Å²) in [5.41, 5.74) is 1.10. The second-order valence-electron chi connectivity index (χ2n) is 4.02. The van der Waals surface area contributed by atoms with Gasteiger partial charge in [0.1, 0.15) is 0 Å². The summed E-state index contributed by atoms with van der Waals surface area (Å²) in [5, 5.41) is 9.55. The van der Waals surface area contributed by atoms with Crippen LogP contribution in [0, 0.1) is 0 Å². The van der Waals surface area contributed by atoms with Crippen LogP contribution in [0.1, 0.15) is 18.9 Å². The fourth-order valence-corrected chi connectivity index (χ4v) is 1.91. The summed E-state index contributed by atoms with van der Waals surface area (Å²) in [7, 11) is 0. The number of nitrogens with zero attached hydrogens (tertiary/aromatic N) is 1. The van der Waals surface area contributed by atoms with Crippen LogP contribution in [0.3, 0.4) is 0 Å². The highest BCUT2D eigenvalue weighted by Gasteiger charge is 2.35. The van der Waals surface area contributed by atoms with E-state index < -0.39 is 6.10 Å². The molecule has 1 heterocycles. The molecular formula is C12H15NO2. The minimum Gasteiger partial charge on any atom is -0.390 e. The van der Waals surface area contributed by atoms with Gasteiger partial charge in [0, 0.05) is 6.54 Å². The molecule has 3 heteroatoms. The average Bonchev–Trinajstić information content (AvgIpc) is 2.47. The van der Waals surface area contributed by atoms with Gasteiger partial charge < -0.3 is 10.0 Å². The van der Waals surface area contributed by atoms with Crippen LogP contribution in [-0.4, -0.2) is 28.1 Å². The van der Waals surface area contributed by atoms with Crippen LogP contribution in [0.5, 0.6) is 0 Å². The number of benzene rings is 1. The third-order valence-electron chi connectivity index (χ3n) is 2.95. The second-order valence-corrected chi connectivity index (χ2v) is 4.02. The van der Waals surface area contributed by atoms with Crippen molar-refractivity contribution in [3.8, 4) is 0 Å². The molecular weight excluding hydrogens is 190 g/mol. The summed E-state index contributed by atoms with van der Waals surface area (Å²) in [6, 6.07) is 9.77. The molecule has 0 saturated carbocycles. The van der Waals surface area contributed by atoms with E-state index in [4.69, 9.17) is 0 Å². The lowest BCUT2D eigenvalue weighted by Gasteiger charge is -2.22. The minimum atomic E-state index is -0.513. The third-order valence-corrected chi connectivity index (χ3v) is 2.95. The standard InChI is InChI=1S/C12H15NO2/c1-9-11(14)7-12(15)13(9)8-10-5-3-2-4-6-10/h2-6,9,11,14H,7-8H2,1H3/t9-,11+/m1/s1. The van der Waals surface area contributed by atoms with Crippen molar-refractivity contribution < 1.29 is 9.90 Å². The fourth-order valence-electron chi connectivity index (χ4n) is 1.91. The van der Waals surface area contributed by atoms with E-state index in [1.807, 2.05) is 37.3 Å². The number of aliphatic hydroxyl groups is 1. The number of carbonyl (C=O) groups is 1. The van der Waals surface area contributed by atoms with Gasteiger partial charge in [-0.3, -0.25) is 4.79 Å². The van der Waals surface area contributed by atoms with Crippen molar-refractivity contribution in [2.45, 2.75) is 32.0 Å². The molecule has 0 radical (unpaired) electrons. The first-order chi connectivity index (χ1) is 7.18. The zero-order chi connectivity index (χ0) is 10.8. The monoisotopic (exact) mass is 205 g/mol. The summed E-state index contributed by atoms with van der Waals surface area (Å²) in [5.74, 6) is 0.0406. The lowest BCUT2D eigenvalue weighted by Crippen LogP contribution is -2.33. The molecule has 1 aliphatic rings. The summed E-state index contributed by atoms with van der Waals surface area (Å²) in [4.78, 5) is 13.3. The Hall–Kier alpha value is -1.35. The molecule has 1 saturated heterocycles. The van der Waals surface area contributed by atoms with E-state index in [1.54, 1.807) is 4.90 Å². The number of likely N-dealkylation sites (tertiary alicyclic amines) is 1. The third kappa shape index (κ3) is 2.02. The van der Waals surface area contributed by atoms with Gasteiger partial charge in [-0.25, -0.2) is 0 Å². The van der Waals surface area contributed by atoms with Gasteiger partial charge in [0.15, 0.2) is 0 Å². The largest absolute Gasteiger partial charge is 0.390 e. The smallest absolute Gasteiger partial charge is 0.225 e. The first-order valence-electron chi connectivity index (χ1n) is 5.20. The van der Waals surface area contributed by atoms with E-state index in [0.717, 1.165) is 5.56 Å². The van der Waals surface area contributed by atoms with Gasteiger partial charge >= 0.3 is 0 Å². The van der Waals surface area contributed by atoms with Crippen molar-refractivity contribution in [1.29, 1.82) is 0 Å². The number of aliphatic hydroxyl groups excluding tert-OH is 1. The minimum absolute atomic E-state index is 0.0406. The lowest BCUT2D eigenvalue weighted by atomic mass is 10.2. The van der Waals surface area contributed by atoms with Crippen LogP contribution in [0.2, 0.25) is 0 Å². The number of rotatable bonds is 2. The maximum absolute atomic E-state index is 11.6. The topological polar surface area (TPSA) is 40.5 Å². The highest BCUT2D eigenvalue weighted by Crippen LogP contribution is 2.21. The fraction of sp³-hybridized carbons (Fsp3) is 0.417. The molecule has 2 rings (SSSR count). The van der Waals surface area contributed by atoms with Crippen LogP contribution in [0.15, 0.2) is 30.3 Å². The Morgan fingerprint density at radius 3 is 2.60 bits per heavy atom. The van der Waals surface area contributed by atoms with Crippen molar-refractivity contribution in [2.75, 3.05) is 0 Å². The van der Waals surface area contributed by atoms with E-state index in [0.29, 0.717) is 6.54 Å². The molecule has 1 aromatic rings. The van der Waals surface area contributed by atoms with E-state index in [9.17, 15) is 9.90 Å². The van der Waals surface area contributed by atoms with Gasteiger partial charge in [-0.2, -0.15) is 0 Å². The quantitative estimate of drug-likeness (QED) is 0.787. The normalized spacial score (nSPS) is 26.0. The SMILES string of the molecule is C[C@@H]1[C@@H](O)CC(=O)N1Cc1ccccc1. The van der Waals surface area contributed by atoms with Gasteiger partial charge in [-0.15, -0.1) is 0 Å². The zero-order valence-corrected chi connectivity index (χ0v) is 8.76. The van der Waals surface area contributed by atoms with E-state index in [2.05, 4.69) is 0 Å². The maximum atomic E-state index is 11.6. The molecule has 0 aromatic heterocycles. The van der Waals surface area contributed by atoms with Gasteiger partial charge in [0.05, 0.1) is 18.6 Å². The Labute approximate surface area is 89.3 Å². The molecule has 1 amide bonds. The molecule has 3 nitrogen and oxygen atoms in total. The van der Waals surface area contributed by atoms with Gasteiger partial charge in [0.2, 0.25) is 5.91 Å². The zero-order valence-electron chi connectivity index (χ0n) is 8.76. The van der Waals surface area contributed by atoms with Crippen LogP contribution < -0.4 is 0 Å². The van der Waals surface area contributed by atoms with Crippen molar-refractivity contribution in [3.05, 3.63) is 35.9 Å². The number of hydrogen-bond acceptors (Lipinski definition) is 2. The number of carbonyl (C=O) groups excluding carboxylic acids is 1. The molecule has 1 N–H and O–H groups in total. The molecule has 1 aliphatic heterocycles. The Bertz CT molecular complexity index is 350. The lowest BCUT2D eigenvalue weighted by molar-refractivity contribution is -0.129.